The normalized spacial score (nSPS) is 13.8. The standard InChI is InChI=1S/C18H27NS/c1-5-12-19-16(18(2,3)4)10-9-14-7-6-8-15-11-13-20-17(14)15/h6-8,11,13,16,19H,5,9-10,12H2,1-4H3. The molecule has 0 aliphatic carbocycles. The quantitative estimate of drug-likeness (QED) is 0.766. The van der Waals surface area contributed by atoms with Gasteiger partial charge in [-0.25, -0.2) is 0 Å². The molecule has 2 rings (SSSR count). The second kappa shape index (κ2) is 6.73. The number of thiophene rings is 1. The Morgan fingerprint density at radius 2 is 2.00 bits per heavy atom. The molecule has 0 bridgehead atoms. The third-order valence-electron chi connectivity index (χ3n) is 3.95. The maximum atomic E-state index is 3.72. The van der Waals surface area contributed by atoms with Gasteiger partial charge in [-0.1, -0.05) is 45.9 Å². The zero-order valence-electron chi connectivity index (χ0n) is 13.2. The molecule has 1 heterocycles. The van der Waals surface area contributed by atoms with Crippen molar-refractivity contribution in [1.29, 1.82) is 0 Å². The minimum absolute atomic E-state index is 0.318. The maximum Gasteiger partial charge on any atom is 0.0374 e. The van der Waals surface area contributed by atoms with Crippen molar-refractivity contribution in [2.45, 2.75) is 53.0 Å². The number of benzene rings is 1. The zero-order chi connectivity index (χ0) is 14.6. The van der Waals surface area contributed by atoms with Gasteiger partial charge < -0.3 is 5.32 Å². The van der Waals surface area contributed by atoms with Gasteiger partial charge in [0.05, 0.1) is 0 Å². The van der Waals surface area contributed by atoms with E-state index in [2.05, 4.69) is 62.7 Å². The Labute approximate surface area is 127 Å². The van der Waals surface area contributed by atoms with Crippen LogP contribution in [0.4, 0.5) is 0 Å². The van der Waals surface area contributed by atoms with E-state index in [4.69, 9.17) is 0 Å². The number of hydrogen-bond donors (Lipinski definition) is 1. The van der Waals surface area contributed by atoms with Crippen molar-refractivity contribution in [1.82, 2.24) is 5.32 Å². The molecule has 20 heavy (non-hydrogen) atoms. The lowest BCUT2D eigenvalue weighted by Gasteiger charge is -2.32. The Kier molecular flexibility index (Phi) is 5.22. The molecule has 0 aliphatic heterocycles. The fourth-order valence-electron chi connectivity index (χ4n) is 2.71. The second-order valence-electron chi connectivity index (χ2n) is 6.67. The summed E-state index contributed by atoms with van der Waals surface area (Å²) >= 11 is 1.87. The molecule has 0 spiro atoms. The van der Waals surface area contributed by atoms with Gasteiger partial charge in [0.25, 0.3) is 0 Å². The molecule has 0 aliphatic rings. The van der Waals surface area contributed by atoms with E-state index in [9.17, 15) is 0 Å². The van der Waals surface area contributed by atoms with Crippen LogP contribution in [0.2, 0.25) is 0 Å². The van der Waals surface area contributed by atoms with Crippen LogP contribution in [0.1, 0.15) is 46.1 Å². The molecule has 1 unspecified atom stereocenters. The number of aryl methyl sites for hydroxylation is 1. The molecule has 0 saturated carbocycles. The zero-order valence-corrected chi connectivity index (χ0v) is 14.0. The van der Waals surface area contributed by atoms with Crippen LogP contribution < -0.4 is 5.32 Å². The minimum atomic E-state index is 0.318. The first-order valence-electron chi connectivity index (χ1n) is 7.71. The summed E-state index contributed by atoms with van der Waals surface area (Å²) in [6.07, 6.45) is 3.57. The Hall–Kier alpha value is -0.860. The van der Waals surface area contributed by atoms with Gasteiger partial charge in [-0.05, 0) is 53.6 Å². The fourth-order valence-corrected chi connectivity index (χ4v) is 3.66. The van der Waals surface area contributed by atoms with Crippen LogP contribution in [-0.2, 0) is 6.42 Å². The highest BCUT2D eigenvalue weighted by Crippen LogP contribution is 2.28. The summed E-state index contributed by atoms with van der Waals surface area (Å²) in [6.45, 7) is 10.4. The van der Waals surface area contributed by atoms with Crippen LogP contribution in [0.25, 0.3) is 10.1 Å². The first kappa shape index (κ1) is 15.5. The second-order valence-corrected chi connectivity index (χ2v) is 7.58. The van der Waals surface area contributed by atoms with E-state index < -0.39 is 0 Å². The van der Waals surface area contributed by atoms with Crippen LogP contribution in [0, 0.1) is 5.41 Å². The largest absolute Gasteiger partial charge is 0.313 e. The molecule has 2 aromatic rings. The van der Waals surface area contributed by atoms with E-state index in [1.165, 1.54) is 28.5 Å². The summed E-state index contributed by atoms with van der Waals surface area (Å²) < 4.78 is 1.47. The SMILES string of the molecule is CCCNC(CCc1cccc2ccsc12)C(C)(C)C. The minimum Gasteiger partial charge on any atom is -0.313 e. The van der Waals surface area contributed by atoms with Gasteiger partial charge in [0.1, 0.15) is 0 Å². The Morgan fingerprint density at radius 3 is 2.70 bits per heavy atom. The van der Waals surface area contributed by atoms with Gasteiger partial charge >= 0.3 is 0 Å². The maximum absolute atomic E-state index is 3.72. The Bertz CT molecular complexity index is 536. The van der Waals surface area contributed by atoms with Crippen LogP contribution in [-0.4, -0.2) is 12.6 Å². The van der Waals surface area contributed by atoms with Crippen molar-refractivity contribution in [3.05, 3.63) is 35.2 Å². The third kappa shape index (κ3) is 3.83. The molecule has 0 fully saturated rings. The summed E-state index contributed by atoms with van der Waals surface area (Å²) in [5.74, 6) is 0. The van der Waals surface area contributed by atoms with Gasteiger partial charge in [-0.15, -0.1) is 11.3 Å². The molecule has 0 radical (unpaired) electrons. The first-order chi connectivity index (χ1) is 9.52. The summed E-state index contributed by atoms with van der Waals surface area (Å²) in [5, 5.41) is 7.31. The van der Waals surface area contributed by atoms with E-state index >= 15 is 0 Å². The van der Waals surface area contributed by atoms with Gasteiger partial charge in [-0.3, -0.25) is 0 Å². The molecule has 1 atom stereocenters. The number of hydrogen-bond acceptors (Lipinski definition) is 2. The third-order valence-corrected chi connectivity index (χ3v) is 4.95. The topological polar surface area (TPSA) is 12.0 Å². The lowest BCUT2D eigenvalue weighted by atomic mass is 9.83. The van der Waals surface area contributed by atoms with Crippen LogP contribution in [0.3, 0.4) is 0 Å². The van der Waals surface area contributed by atoms with Gasteiger partial charge in [0.15, 0.2) is 0 Å². The lowest BCUT2D eigenvalue weighted by molar-refractivity contribution is 0.255. The first-order valence-corrected chi connectivity index (χ1v) is 8.59. The van der Waals surface area contributed by atoms with Gasteiger partial charge in [0, 0.05) is 10.7 Å². The summed E-state index contributed by atoms with van der Waals surface area (Å²) in [4.78, 5) is 0. The molecular weight excluding hydrogens is 262 g/mol. The molecular formula is C18H27NS. The van der Waals surface area contributed by atoms with Crippen molar-refractivity contribution in [3.8, 4) is 0 Å². The molecule has 1 aromatic carbocycles. The van der Waals surface area contributed by atoms with Crippen LogP contribution >= 0.6 is 11.3 Å². The summed E-state index contributed by atoms with van der Waals surface area (Å²) in [7, 11) is 0. The Balaban J connectivity index is 2.07. The van der Waals surface area contributed by atoms with Crippen molar-refractivity contribution in [3.63, 3.8) is 0 Å². The number of fused-ring (bicyclic) bond motifs is 1. The predicted molar refractivity (Wildman–Crippen MR) is 91.7 cm³/mol. The monoisotopic (exact) mass is 289 g/mol. The average Bonchev–Trinajstić information content (AvgIpc) is 2.86. The molecule has 0 amide bonds. The van der Waals surface area contributed by atoms with Gasteiger partial charge in [-0.2, -0.15) is 0 Å². The molecule has 1 aromatic heterocycles. The smallest absolute Gasteiger partial charge is 0.0374 e. The lowest BCUT2D eigenvalue weighted by Crippen LogP contribution is -2.41. The van der Waals surface area contributed by atoms with Crippen molar-refractivity contribution >= 4 is 21.4 Å². The molecule has 110 valence electrons. The van der Waals surface area contributed by atoms with Crippen molar-refractivity contribution in [2.24, 2.45) is 5.41 Å². The van der Waals surface area contributed by atoms with E-state index in [1.807, 2.05) is 11.3 Å². The van der Waals surface area contributed by atoms with E-state index in [-0.39, 0.29) is 0 Å². The number of nitrogens with one attached hydrogen (secondary N) is 1. The van der Waals surface area contributed by atoms with E-state index in [1.54, 1.807) is 0 Å². The Morgan fingerprint density at radius 1 is 1.20 bits per heavy atom. The van der Waals surface area contributed by atoms with Crippen LogP contribution in [0.5, 0.6) is 0 Å². The average molecular weight is 289 g/mol. The molecule has 0 saturated heterocycles. The summed E-state index contributed by atoms with van der Waals surface area (Å²) in [5.41, 5.74) is 1.82. The van der Waals surface area contributed by atoms with Gasteiger partial charge in [0.2, 0.25) is 0 Å². The van der Waals surface area contributed by atoms with Crippen molar-refractivity contribution in [2.75, 3.05) is 6.54 Å². The summed E-state index contributed by atoms with van der Waals surface area (Å²) in [6, 6.07) is 9.50. The van der Waals surface area contributed by atoms with Crippen LogP contribution in [0.15, 0.2) is 29.6 Å². The van der Waals surface area contributed by atoms with Crippen molar-refractivity contribution < 1.29 is 0 Å². The molecule has 1 N–H and O–H groups in total. The van der Waals surface area contributed by atoms with E-state index in [0.717, 1.165) is 13.0 Å². The highest BCUT2D eigenvalue weighted by Gasteiger charge is 2.23. The predicted octanol–water partition coefficient (Wildman–Crippen LogP) is 5.25. The highest BCUT2D eigenvalue weighted by atomic mass is 32.1. The molecule has 2 heteroatoms. The number of rotatable bonds is 6. The van der Waals surface area contributed by atoms with E-state index in [0.29, 0.717) is 11.5 Å². The fraction of sp³-hybridized carbons (Fsp3) is 0.556. The molecule has 1 nitrogen and oxygen atoms in total. The highest BCUT2D eigenvalue weighted by molar-refractivity contribution is 7.17.